The Bertz CT molecular complexity index is 570. The number of nitrogens with zero attached hydrogens (tertiary/aromatic N) is 2. The Morgan fingerprint density at radius 2 is 2.15 bits per heavy atom. The summed E-state index contributed by atoms with van der Waals surface area (Å²) in [4.78, 5) is 17.1. The number of benzene rings is 1. The van der Waals surface area contributed by atoms with E-state index in [1.165, 1.54) is 0 Å². The van der Waals surface area contributed by atoms with Gasteiger partial charge < -0.3 is 4.74 Å². The summed E-state index contributed by atoms with van der Waals surface area (Å²) >= 11 is 0. The Hall–Kier alpha value is -2.20. The van der Waals surface area contributed by atoms with E-state index in [2.05, 4.69) is 9.88 Å². The van der Waals surface area contributed by atoms with Crippen molar-refractivity contribution in [2.75, 3.05) is 14.2 Å². The average Bonchev–Trinajstić information content (AvgIpc) is 2.48. The minimum Gasteiger partial charge on any atom is -0.496 e. The van der Waals surface area contributed by atoms with Crippen LogP contribution in [-0.4, -0.2) is 30.3 Å². The molecule has 0 unspecified atom stereocenters. The minimum absolute atomic E-state index is 0.663. The highest BCUT2D eigenvalue weighted by Crippen LogP contribution is 2.21. The number of aromatic nitrogens is 1. The van der Waals surface area contributed by atoms with Crippen LogP contribution in [0.15, 0.2) is 42.7 Å². The van der Waals surface area contributed by atoms with Crippen LogP contribution in [0.2, 0.25) is 0 Å². The third-order valence-corrected chi connectivity index (χ3v) is 3.06. The van der Waals surface area contributed by atoms with E-state index in [9.17, 15) is 4.79 Å². The Kier molecular flexibility index (Phi) is 4.85. The molecule has 0 aliphatic rings. The normalized spacial score (nSPS) is 10.6. The summed E-state index contributed by atoms with van der Waals surface area (Å²) in [7, 11) is 3.67. The van der Waals surface area contributed by atoms with E-state index in [4.69, 9.17) is 4.74 Å². The molecule has 1 aromatic carbocycles. The van der Waals surface area contributed by atoms with Gasteiger partial charge in [0.1, 0.15) is 12.0 Å². The molecule has 0 saturated heterocycles. The molecule has 0 saturated carbocycles. The summed E-state index contributed by atoms with van der Waals surface area (Å²) < 4.78 is 5.34. The molecule has 0 spiro atoms. The molecule has 4 heteroatoms. The van der Waals surface area contributed by atoms with Crippen LogP contribution in [0.1, 0.15) is 21.5 Å². The highest BCUT2D eigenvalue weighted by atomic mass is 16.5. The van der Waals surface area contributed by atoms with Gasteiger partial charge in [-0.25, -0.2) is 0 Å². The van der Waals surface area contributed by atoms with E-state index in [-0.39, 0.29) is 0 Å². The van der Waals surface area contributed by atoms with E-state index < -0.39 is 0 Å². The minimum atomic E-state index is 0.663. The van der Waals surface area contributed by atoms with Crippen molar-refractivity contribution < 1.29 is 9.53 Å². The molecule has 0 aliphatic carbocycles. The molecule has 104 valence electrons. The number of carbonyl (C=O) groups is 1. The molecule has 0 atom stereocenters. The van der Waals surface area contributed by atoms with Crippen molar-refractivity contribution in [2.45, 2.75) is 13.1 Å². The van der Waals surface area contributed by atoms with Gasteiger partial charge in [0, 0.05) is 36.6 Å². The van der Waals surface area contributed by atoms with E-state index in [1.54, 1.807) is 19.4 Å². The molecule has 4 nitrogen and oxygen atoms in total. The predicted molar refractivity (Wildman–Crippen MR) is 77.8 cm³/mol. The zero-order chi connectivity index (χ0) is 14.4. The smallest absolute Gasteiger partial charge is 0.150 e. The van der Waals surface area contributed by atoms with Crippen LogP contribution in [0.4, 0.5) is 0 Å². The summed E-state index contributed by atoms with van der Waals surface area (Å²) in [5, 5.41) is 0. The molecule has 1 aromatic heterocycles. The third-order valence-electron chi connectivity index (χ3n) is 3.06. The quantitative estimate of drug-likeness (QED) is 0.756. The van der Waals surface area contributed by atoms with Gasteiger partial charge in [-0.3, -0.25) is 14.7 Å². The van der Waals surface area contributed by atoms with Crippen molar-refractivity contribution in [3.8, 4) is 5.75 Å². The van der Waals surface area contributed by atoms with E-state index in [1.807, 2.05) is 37.5 Å². The molecular formula is C16H18N2O2. The molecule has 2 rings (SSSR count). The molecule has 0 bridgehead atoms. The summed E-state index contributed by atoms with van der Waals surface area (Å²) in [6, 6.07) is 9.43. The lowest BCUT2D eigenvalue weighted by Gasteiger charge is -2.18. The first-order valence-electron chi connectivity index (χ1n) is 6.42. The summed E-state index contributed by atoms with van der Waals surface area (Å²) in [6.07, 6.45) is 4.47. The maximum absolute atomic E-state index is 10.9. The molecule has 0 fully saturated rings. The van der Waals surface area contributed by atoms with Gasteiger partial charge in [-0.1, -0.05) is 6.07 Å². The lowest BCUT2D eigenvalue weighted by Crippen LogP contribution is -2.18. The van der Waals surface area contributed by atoms with Gasteiger partial charge in [-0.05, 0) is 36.9 Å². The first-order valence-corrected chi connectivity index (χ1v) is 6.42. The number of carbonyl (C=O) groups excluding carboxylic acids is 1. The lowest BCUT2D eigenvalue weighted by atomic mass is 10.1. The zero-order valence-electron chi connectivity index (χ0n) is 11.7. The van der Waals surface area contributed by atoms with Crippen LogP contribution in [-0.2, 0) is 13.1 Å². The monoisotopic (exact) mass is 270 g/mol. The fourth-order valence-corrected chi connectivity index (χ4v) is 2.15. The zero-order valence-corrected chi connectivity index (χ0v) is 11.7. The molecule has 0 amide bonds. The number of hydrogen-bond donors (Lipinski definition) is 0. The molecule has 2 aromatic rings. The van der Waals surface area contributed by atoms with Crippen LogP contribution in [0.5, 0.6) is 5.75 Å². The number of ether oxygens (including phenoxy) is 1. The Balaban J connectivity index is 2.10. The second-order valence-electron chi connectivity index (χ2n) is 4.72. The first kappa shape index (κ1) is 14.2. The highest BCUT2D eigenvalue weighted by Gasteiger charge is 2.08. The third kappa shape index (κ3) is 3.65. The molecule has 0 radical (unpaired) electrons. The number of methoxy groups -OCH3 is 1. The van der Waals surface area contributed by atoms with E-state index in [0.29, 0.717) is 12.1 Å². The van der Waals surface area contributed by atoms with Crippen LogP contribution in [0.3, 0.4) is 0 Å². The van der Waals surface area contributed by atoms with Crippen molar-refractivity contribution in [1.29, 1.82) is 0 Å². The Morgan fingerprint density at radius 1 is 1.30 bits per heavy atom. The molecular weight excluding hydrogens is 252 g/mol. The molecule has 20 heavy (non-hydrogen) atoms. The van der Waals surface area contributed by atoms with Gasteiger partial charge in [-0.2, -0.15) is 0 Å². The van der Waals surface area contributed by atoms with Gasteiger partial charge in [0.2, 0.25) is 0 Å². The van der Waals surface area contributed by atoms with E-state index >= 15 is 0 Å². The van der Waals surface area contributed by atoms with Crippen molar-refractivity contribution in [3.05, 3.63) is 59.4 Å². The molecule has 0 N–H and O–H groups in total. The molecule has 1 heterocycles. The fraction of sp³-hybridized carbons (Fsp3) is 0.250. The number of hydrogen-bond acceptors (Lipinski definition) is 4. The standard InChI is InChI=1S/C16H18N2O2/c1-18(10-14-4-3-7-17-9-14)11-15-8-13(12-19)5-6-16(15)20-2/h3-9,12H,10-11H2,1-2H3. The SMILES string of the molecule is COc1ccc(C=O)cc1CN(C)Cc1cccnc1. The Labute approximate surface area is 119 Å². The average molecular weight is 270 g/mol. The van der Waals surface area contributed by atoms with Crippen LogP contribution >= 0.6 is 0 Å². The number of pyridine rings is 1. The second kappa shape index (κ2) is 6.82. The van der Waals surface area contributed by atoms with Crippen molar-refractivity contribution >= 4 is 6.29 Å². The van der Waals surface area contributed by atoms with Crippen LogP contribution < -0.4 is 4.74 Å². The molecule has 0 aliphatic heterocycles. The van der Waals surface area contributed by atoms with Gasteiger partial charge in [-0.15, -0.1) is 0 Å². The second-order valence-corrected chi connectivity index (χ2v) is 4.72. The van der Waals surface area contributed by atoms with Crippen LogP contribution in [0, 0.1) is 0 Å². The van der Waals surface area contributed by atoms with Gasteiger partial charge in [0.25, 0.3) is 0 Å². The lowest BCUT2D eigenvalue weighted by molar-refractivity contribution is 0.112. The maximum atomic E-state index is 10.9. The highest BCUT2D eigenvalue weighted by molar-refractivity contribution is 5.75. The van der Waals surface area contributed by atoms with Crippen molar-refractivity contribution in [3.63, 3.8) is 0 Å². The van der Waals surface area contributed by atoms with Crippen molar-refractivity contribution in [1.82, 2.24) is 9.88 Å². The van der Waals surface area contributed by atoms with Gasteiger partial charge in [0.15, 0.2) is 0 Å². The van der Waals surface area contributed by atoms with Gasteiger partial charge in [0.05, 0.1) is 7.11 Å². The summed E-state index contributed by atoms with van der Waals surface area (Å²) in [5.74, 6) is 0.800. The fourth-order valence-electron chi connectivity index (χ4n) is 2.15. The van der Waals surface area contributed by atoms with Gasteiger partial charge >= 0.3 is 0 Å². The maximum Gasteiger partial charge on any atom is 0.150 e. The summed E-state index contributed by atoms with van der Waals surface area (Å²) in [5.41, 5.74) is 2.82. The Morgan fingerprint density at radius 3 is 2.80 bits per heavy atom. The number of aldehydes is 1. The van der Waals surface area contributed by atoms with E-state index in [0.717, 1.165) is 29.7 Å². The first-order chi connectivity index (χ1) is 9.72. The largest absolute Gasteiger partial charge is 0.496 e. The number of rotatable bonds is 6. The topological polar surface area (TPSA) is 42.4 Å². The summed E-state index contributed by atoms with van der Waals surface area (Å²) in [6.45, 7) is 1.50. The van der Waals surface area contributed by atoms with Crippen molar-refractivity contribution in [2.24, 2.45) is 0 Å². The predicted octanol–water partition coefficient (Wildman–Crippen LogP) is 2.53. The van der Waals surface area contributed by atoms with Crippen LogP contribution in [0.25, 0.3) is 0 Å².